The van der Waals surface area contributed by atoms with Crippen LogP contribution in [0.3, 0.4) is 0 Å². The summed E-state index contributed by atoms with van der Waals surface area (Å²) in [6, 6.07) is 20.7. The molecular formula is C17H17NO. The molecule has 0 aliphatic heterocycles. The average Bonchev–Trinajstić information content (AvgIpc) is 2.48. The molecule has 0 unspecified atom stereocenters. The molecule has 0 aliphatic rings. The second kappa shape index (κ2) is 6.72. The van der Waals surface area contributed by atoms with Crippen molar-refractivity contribution < 1.29 is 5.11 Å². The van der Waals surface area contributed by atoms with Gasteiger partial charge in [-0.1, -0.05) is 54.6 Å². The molecular weight excluding hydrogens is 234 g/mol. The monoisotopic (exact) mass is 251 g/mol. The molecule has 1 N–H and O–H groups in total. The Balaban J connectivity index is 2.09. The standard InChI is InChI=1S/C17H17NO/c18-11-10-15(13-19)12-14-6-8-17(9-7-14)16-4-2-1-3-5-16/h1-9,15,19H,10,12-13H2/t15-/m0/s1. The van der Waals surface area contributed by atoms with Crippen LogP contribution in [0.15, 0.2) is 54.6 Å². The zero-order chi connectivity index (χ0) is 13.5. The third-order valence-electron chi connectivity index (χ3n) is 3.22. The van der Waals surface area contributed by atoms with Crippen LogP contribution in [0.2, 0.25) is 0 Å². The molecule has 0 saturated carbocycles. The van der Waals surface area contributed by atoms with Gasteiger partial charge in [-0.3, -0.25) is 0 Å². The zero-order valence-electron chi connectivity index (χ0n) is 10.8. The summed E-state index contributed by atoms with van der Waals surface area (Å²) in [6.45, 7) is 0.0635. The molecule has 0 amide bonds. The van der Waals surface area contributed by atoms with Crippen molar-refractivity contribution in [1.82, 2.24) is 0 Å². The van der Waals surface area contributed by atoms with Crippen LogP contribution >= 0.6 is 0 Å². The molecule has 2 aromatic carbocycles. The average molecular weight is 251 g/mol. The SMILES string of the molecule is N#CC[C@H](CO)Cc1ccc(-c2ccccc2)cc1. The van der Waals surface area contributed by atoms with Gasteiger partial charge in [0.05, 0.1) is 6.07 Å². The number of benzene rings is 2. The predicted octanol–water partition coefficient (Wildman–Crippen LogP) is 3.42. The first kappa shape index (κ1) is 13.3. The Morgan fingerprint density at radius 3 is 2.16 bits per heavy atom. The van der Waals surface area contributed by atoms with Crippen LogP contribution < -0.4 is 0 Å². The van der Waals surface area contributed by atoms with E-state index in [-0.39, 0.29) is 12.5 Å². The quantitative estimate of drug-likeness (QED) is 0.884. The maximum absolute atomic E-state index is 9.20. The third kappa shape index (κ3) is 3.67. The van der Waals surface area contributed by atoms with Crippen LogP contribution in [-0.2, 0) is 6.42 Å². The molecule has 19 heavy (non-hydrogen) atoms. The van der Waals surface area contributed by atoms with E-state index < -0.39 is 0 Å². The fraction of sp³-hybridized carbons (Fsp3) is 0.235. The lowest BCUT2D eigenvalue weighted by Crippen LogP contribution is -2.08. The van der Waals surface area contributed by atoms with Crippen LogP contribution in [0.1, 0.15) is 12.0 Å². The summed E-state index contributed by atoms with van der Waals surface area (Å²) in [4.78, 5) is 0. The van der Waals surface area contributed by atoms with Gasteiger partial charge in [-0.15, -0.1) is 0 Å². The van der Waals surface area contributed by atoms with E-state index in [1.807, 2.05) is 18.2 Å². The van der Waals surface area contributed by atoms with Crippen molar-refractivity contribution in [3.63, 3.8) is 0 Å². The van der Waals surface area contributed by atoms with Gasteiger partial charge in [0.2, 0.25) is 0 Å². The number of hydrogen-bond donors (Lipinski definition) is 1. The summed E-state index contributed by atoms with van der Waals surface area (Å²) < 4.78 is 0. The first-order valence-electron chi connectivity index (χ1n) is 6.45. The summed E-state index contributed by atoms with van der Waals surface area (Å²) in [5.74, 6) is 0.0348. The van der Waals surface area contributed by atoms with E-state index in [0.717, 1.165) is 12.0 Å². The van der Waals surface area contributed by atoms with Crippen molar-refractivity contribution in [2.24, 2.45) is 5.92 Å². The van der Waals surface area contributed by atoms with E-state index >= 15 is 0 Å². The van der Waals surface area contributed by atoms with E-state index in [2.05, 4.69) is 42.5 Å². The van der Waals surface area contributed by atoms with Gasteiger partial charge in [0, 0.05) is 13.0 Å². The molecule has 2 nitrogen and oxygen atoms in total. The predicted molar refractivity (Wildman–Crippen MR) is 76.4 cm³/mol. The molecule has 0 heterocycles. The molecule has 2 rings (SSSR count). The molecule has 0 saturated heterocycles. The molecule has 96 valence electrons. The van der Waals surface area contributed by atoms with Crippen LogP contribution in [0.4, 0.5) is 0 Å². The lowest BCUT2D eigenvalue weighted by Gasteiger charge is -2.10. The summed E-state index contributed by atoms with van der Waals surface area (Å²) in [5, 5.41) is 17.9. The minimum absolute atomic E-state index is 0.0348. The Morgan fingerprint density at radius 2 is 1.58 bits per heavy atom. The minimum Gasteiger partial charge on any atom is -0.396 e. The minimum atomic E-state index is 0.0348. The van der Waals surface area contributed by atoms with Gasteiger partial charge in [0.25, 0.3) is 0 Å². The van der Waals surface area contributed by atoms with Gasteiger partial charge in [0.15, 0.2) is 0 Å². The third-order valence-corrected chi connectivity index (χ3v) is 3.22. The maximum atomic E-state index is 9.20. The summed E-state index contributed by atoms with van der Waals surface area (Å²) in [6.07, 6.45) is 1.15. The summed E-state index contributed by atoms with van der Waals surface area (Å²) in [7, 11) is 0. The lowest BCUT2D eigenvalue weighted by atomic mass is 9.96. The summed E-state index contributed by atoms with van der Waals surface area (Å²) in [5.41, 5.74) is 3.55. The second-order valence-electron chi connectivity index (χ2n) is 4.68. The number of hydrogen-bond acceptors (Lipinski definition) is 2. The summed E-state index contributed by atoms with van der Waals surface area (Å²) >= 11 is 0. The molecule has 2 aromatic rings. The van der Waals surface area contributed by atoms with Crippen LogP contribution in [-0.4, -0.2) is 11.7 Å². The van der Waals surface area contributed by atoms with E-state index in [1.165, 1.54) is 11.1 Å². The first-order chi connectivity index (χ1) is 9.33. The topological polar surface area (TPSA) is 44.0 Å². The van der Waals surface area contributed by atoms with Crippen molar-refractivity contribution in [2.45, 2.75) is 12.8 Å². The Bertz CT molecular complexity index is 540. The van der Waals surface area contributed by atoms with E-state index in [4.69, 9.17) is 5.26 Å². The van der Waals surface area contributed by atoms with Crippen molar-refractivity contribution in [3.8, 4) is 17.2 Å². The number of nitriles is 1. The molecule has 0 aromatic heterocycles. The van der Waals surface area contributed by atoms with Gasteiger partial charge in [-0.2, -0.15) is 5.26 Å². The number of aliphatic hydroxyl groups excluding tert-OH is 1. The van der Waals surface area contributed by atoms with E-state index in [0.29, 0.717) is 6.42 Å². The highest BCUT2D eigenvalue weighted by Crippen LogP contribution is 2.20. The number of aliphatic hydroxyl groups is 1. The smallest absolute Gasteiger partial charge is 0.0625 e. The molecule has 0 radical (unpaired) electrons. The van der Waals surface area contributed by atoms with Gasteiger partial charge in [-0.25, -0.2) is 0 Å². The van der Waals surface area contributed by atoms with Crippen molar-refractivity contribution in [1.29, 1.82) is 5.26 Å². The van der Waals surface area contributed by atoms with Crippen molar-refractivity contribution in [2.75, 3.05) is 6.61 Å². The fourth-order valence-electron chi connectivity index (χ4n) is 2.13. The van der Waals surface area contributed by atoms with Gasteiger partial charge in [-0.05, 0) is 29.0 Å². The highest BCUT2D eigenvalue weighted by Gasteiger charge is 2.08. The Labute approximate surface area is 114 Å². The van der Waals surface area contributed by atoms with Crippen LogP contribution in [0.5, 0.6) is 0 Å². The highest BCUT2D eigenvalue weighted by atomic mass is 16.3. The van der Waals surface area contributed by atoms with Crippen molar-refractivity contribution >= 4 is 0 Å². The number of rotatable bonds is 5. The molecule has 0 bridgehead atoms. The molecule has 2 heteroatoms. The Hall–Kier alpha value is -2.11. The largest absolute Gasteiger partial charge is 0.396 e. The Morgan fingerprint density at radius 1 is 0.947 bits per heavy atom. The van der Waals surface area contributed by atoms with Gasteiger partial charge < -0.3 is 5.11 Å². The molecule has 0 spiro atoms. The van der Waals surface area contributed by atoms with Gasteiger partial charge in [0.1, 0.15) is 0 Å². The highest BCUT2D eigenvalue weighted by molar-refractivity contribution is 5.63. The van der Waals surface area contributed by atoms with E-state index in [1.54, 1.807) is 0 Å². The van der Waals surface area contributed by atoms with Crippen LogP contribution in [0, 0.1) is 17.2 Å². The van der Waals surface area contributed by atoms with Crippen molar-refractivity contribution in [3.05, 3.63) is 60.2 Å². The molecule has 1 atom stereocenters. The first-order valence-corrected chi connectivity index (χ1v) is 6.45. The normalized spacial score (nSPS) is 11.8. The molecule has 0 aliphatic carbocycles. The zero-order valence-corrected chi connectivity index (χ0v) is 10.8. The van der Waals surface area contributed by atoms with Crippen LogP contribution in [0.25, 0.3) is 11.1 Å². The lowest BCUT2D eigenvalue weighted by molar-refractivity contribution is 0.228. The number of nitrogens with zero attached hydrogens (tertiary/aromatic N) is 1. The van der Waals surface area contributed by atoms with Gasteiger partial charge >= 0.3 is 0 Å². The molecule has 0 fully saturated rings. The Kier molecular flexibility index (Phi) is 4.72. The fourth-order valence-corrected chi connectivity index (χ4v) is 2.13. The maximum Gasteiger partial charge on any atom is 0.0625 e. The van der Waals surface area contributed by atoms with E-state index in [9.17, 15) is 5.11 Å². The second-order valence-corrected chi connectivity index (χ2v) is 4.68.